The van der Waals surface area contributed by atoms with Crippen LogP contribution < -0.4 is 0 Å². The van der Waals surface area contributed by atoms with Gasteiger partial charge < -0.3 is 4.74 Å². The van der Waals surface area contributed by atoms with Crippen molar-refractivity contribution in [2.24, 2.45) is 0 Å². The number of halogens is 2. The summed E-state index contributed by atoms with van der Waals surface area (Å²) >= 11 is 12.4. The first-order valence-electron chi connectivity index (χ1n) is 7.80. The van der Waals surface area contributed by atoms with Crippen LogP contribution >= 0.6 is 23.2 Å². The zero-order chi connectivity index (χ0) is 18.0. The molecule has 128 valence electrons. The SMILES string of the molecule is CCOC(=O)c1nc(-c2ccccc2Cl)n(-c2ccc(Cl)cc2)c1C. The van der Waals surface area contributed by atoms with Crippen LogP contribution in [0, 0.1) is 6.92 Å². The van der Waals surface area contributed by atoms with Crippen LogP contribution in [0.4, 0.5) is 0 Å². The van der Waals surface area contributed by atoms with Crippen molar-refractivity contribution in [3.8, 4) is 17.1 Å². The van der Waals surface area contributed by atoms with Gasteiger partial charge in [0.15, 0.2) is 5.69 Å². The minimum absolute atomic E-state index is 0.270. The molecule has 4 nitrogen and oxygen atoms in total. The number of aromatic nitrogens is 2. The van der Waals surface area contributed by atoms with Crippen molar-refractivity contribution in [1.29, 1.82) is 0 Å². The second kappa shape index (κ2) is 7.30. The van der Waals surface area contributed by atoms with E-state index in [0.717, 1.165) is 11.3 Å². The van der Waals surface area contributed by atoms with Crippen molar-refractivity contribution in [3.63, 3.8) is 0 Å². The first-order valence-corrected chi connectivity index (χ1v) is 8.55. The van der Waals surface area contributed by atoms with E-state index < -0.39 is 5.97 Å². The first-order chi connectivity index (χ1) is 12.0. The lowest BCUT2D eigenvalue weighted by Gasteiger charge is -2.11. The van der Waals surface area contributed by atoms with Crippen LogP contribution in [0.25, 0.3) is 17.1 Å². The largest absolute Gasteiger partial charge is 0.461 e. The van der Waals surface area contributed by atoms with Crippen LogP contribution in [-0.4, -0.2) is 22.1 Å². The second-order valence-corrected chi connectivity index (χ2v) is 6.23. The van der Waals surface area contributed by atoms with Gasteiger partial charge in [-0.25, -0.2) is 9.78 Å². The average Bonchev–Trinajstić information content (AvgIpc) is 2.94. The van der Waals surface area contributed by atoms with Crippen molar-refractivity contribution >= 4 is 29.2 Å². The summed E-state index contributed by atoms with van der Waals surface area (Å²) in [5, 5.41) is 1.18. The van der Waals surface area contributed by atoms with Crippen molar-refractivity contribution < 1.29 is 9.53 Å². The van der Waals surface area contributed by atoms with Gasteiger partial charge in [0.1, 0.15) is 5.82 Å². The smallest absolute Gasteiger partial charge is 0.358 e. The molecule has 0 amide bonds. The molecule has 3 aromatic rings. The van der Waals surface area contributed by atoms with Crippen LogP contribution in [0.2, 0.25) is 10.0 Å². The Morgan fingerprint density at radius 3 is 2.44 bits per heavy atom. The number of hydrogen-bond acceptors (Lipinski definition) is 3. The van der Waals surface area contributed by atoms with E-state index in [1.54, 1.807) is 25.1 Å². The van der Waals surface area contributed by atoms with Crippen molar-refractivity contribution in [3.05, 3.63) is 70.0 Å². The van der Waals surface area contributed by atoms with Gasteiger partial charge in [0.2, 0.25) is 0 Å². The van der Waals surface area contributed by atoms with E-state index in [1.807, 2.05) is 41.8 Å². The van der Waals surface area contributed by atoms with E-state index >= 15 is 0 Å². The normalized spacial score (nSPS) is 10.7. The molecule has 0 bridgehead atoms. The lowest BCUT2D eigenvalue weighted by atomic mass is 10.2. The van der Waals surface area contributed by atoms with E-state index in [-0.39, 0.29) is 12.3 Å². The molecule has 0 unspecified atom stereocenters. The van der Waals surface area contributed by atoms with E-state index in [9.17, 15) is 4.79 Å². The average molecular weight is 375 g/mol. The Labute approximate surface area is 156 Å². The molecular formula is C19H16Cl2N2O2. The van der Waals surface area contributed by atoms with Crippen molar-refractivity contribution in [2.45, 2.75) is 13.8 Å². The molecule has 0 fully saturated rings. The topological polar surface area (TPSA) is 44.1 Å². The number of esters is 1. The predicted octanol–water partition coefficient (Wildman–Crippen LogP) is 5.33. The zero-order valence-electron chi connectivity index (χ0n) is 13.8. The van der Waals surface area contributed by atoms with Crippen LogP contribution in [0.1, 0.15) is 23.1 Å². The summed E-state index contributed by atoms with van der Waals surface area (Å²) in [7, 11) is 0. The Balaban J connectivity index is 2.25. The second-order valence-electron chi connectivity index (χ2n) is 5.38. The van der Waals surface area contributed by atoms with Gasteiger partial charge in [0.05, 0.1) is 17.3 Å². The molecule has 1 heterocycles. The summed E-state index contributed by atoms with van der Waals surface area (Å²) in [6.45, 7) is 3.88. The Bertz CT molecular complexity index is 918. The Morgan fingerprint density at radius 1 is 1.12 bits per heavy atom. The van der Waals surface area contributed by atoms with E-state index in [2.05, 4.69) is 4.98 Å². The van der Waals surface area contributed by atoms with Gasteiger partial charge in [-0.1, -0.05) is 35.3 Å². The maximum absolute atomic E-state index is 12.3. The Kier molecular flexibility index (Phi) is 5.11. The fourth-order valence-electron chi connectivity index (χ4n) is 2.62. The van der Waals surface area contributed by atoms with E-state index in [4.69, 9.17) is 27.9 Å². The summed E-state index contributed by atoms with van der Waals surface area (Å²) in [6.07, 6.45) is 0. The van der Waals surface area contributed by atoms with Gasteiger partial charge in [0.25, 0.3) is 0 Å². The van der Waals surface area contributed by atoms with Gasteiger partial charge in [-0.2, -0.15) is 0 Å². The summed E-state index contributed by atoms with van der Waals surface area (Å²) in [4.78, 5) is 16.8. The molecule has 0 aliphatic rings. The maximum Gasteiger partial charge on any atom is 0.358 e. The molecular weight excluding hydrogens is 359 g/mol. The van der Waals surface area contributed by atoms with Crippen LogP contribution in [0.15, 0.2) is 48.5 Å². The molecule has 0 spiro atoms. The Hall–Kier alpha value is -2.30. The molecule has 1 aromatic heterocycles. The number of hydrogen-bond donors (Lipinski definition) is 0. The molecule has 2 aromatic carbocycles. The fourth-order valence-corrected chi connectivity index (χ4v) is 2.97. The number of carbonyl (C=O) groups is 1. The van der Waals surface area contributed by atoms with E-state index in [1.165, 1.54) is 0 Å². The minimum Gasteiger partial charge on any atom is -0.461 e. The van der Waals surface area contributed by atoms with Gasteiger partial charge in [-0.05, 0) is 50.2 Å². The quantitative estimate of drug-likeness (QED) is 0.579. The third-order valence-electron chi connectivity index (χ3n) is 3.78. The van der Waals surface area contributed by atoms with Crippen molar-refractivity contribution in [2.75, 3.05) is 6.61 Å². The number of benzene rings is 2. The lowest BCUT2D eigenvalue weighted by Crippen LogP contribution is -2.07. The molecule has 0 radical (unpaired) electrons. The summed E-state index contributed by atoms with van der Waals surface area (Å²) in [6, 6.07) is 14.7. The van der Waals surface area contributed by atoms with Crippen LogP contribution in [0.3, 0.4) is 0 Å². The maximum atomic E-state index is 12.3. The molecule has 6 heteroatoms. The summed E-state index contributed by atoms with van der Waals surface area (Å²) in [5.74, 6) is 0.120. The van der Waals surface area contributed by atoms with Gasteiger partial charge >= 0.3 is 5.97 Å². The highest BCUT2D eigenvalue weighted by Crippen LogP contribution is 2.31. The summed E-state index contributed by atoms with van der Waals surface area (Å²) < 4.78 is 7.01. The molecule has 0 aliphatic heterocycles. The molecule has 0 aliphatic carbocycles. The highest BCUT2D eigenvalue weighted by Gasteiger charge is 2.23. The van der Waals surface area contributed by atoms with Gasteiger partial charge in [-0.15, -0.1) is 0 Å². The zero-order valence-corrected chi connectivity index (χ0v) is 15.3. The summed E-state index contributed by atoms with van der Waals surface area (Å²) in [5.41, 5.74) is 2.51. The molecule has 3 rings (SSSR count). The van der Waals surface area contributed by atoms with Crippen LogP contribution in [-0.2, 0) is 4.74 Å². The minimum atomic E-state index is -0.457. The highest BCUT2D eigenvalue weighted by atomic mass is 35.5. The predicted molar refractivity (Wildman–Crippen MR) is 99.7 cm³/mol. The van der Waals surface area contributed by atoms with Crippen LogP contribution in [0.5, 0.6) is 0 Å². The van der Waals surface area contributed by atoms with Gasteiger partial charge in [0, 0.05) is 16.3 Å². The highest BCUT2D eigenvalue weighted by molar-refractivity contribution is 6.33. The lowest BCUT2D eigenvalue weighted by molar-refractivity contribution is 0.0519. The molecule has 0 N–H and O–H groups in total. The number of ether oxygens (including phenoxy) is 1. The molecule has 0 saturated carbocycles. The number of carbonyl (C=O) groups excluding carboxylic acids is 1. The standard InChI is InChI=1S/C19H16Cl2N2O2/c1-3-25-19(24)17-12(2)23(14-10-8-13(20)9-11-14)18(22-17)15-6-4-5-7-16(15)21/h4-11H,3H2,1-2H3. The fraction of sp³-hybridized carbons (Fsp3) is 0.158. The third-order valence-corrected chi connectivity index (χ3v) is 4.36. The first kappa shape index (κ1) is 17.5. The molecule has 25 heavy (non-hydrogen) atoms. The number of rotatable bonds is 4. The monoisotopic (exact) mass is 374 g/mol. The third kappa shape index (κ3) is 3.41. The van der Waals surface area contributed by atoms with Gasteiger partial charge in [-0.3, -0.25) is 4.57 Å². The van der Waals surface area contributed by atoms with Crippen molar-refractivity contribution in [1.82, 2.24) is 9.55 Å². The Morgan fingerprint density at radius 2 is 1.80 bits per heavy atom. The number of imidazole rings is 1. The molecule has 0 atom stereocenters. The number of nitrogens with zero attached hydrogens (tertiary/aromatic N) is 2. The van der Waals surface area contributed by atoms with E-state index in [0.29, 0.717) is 21.6 Å². The molecule has 0 saturated heterocycles.